The van der Waals surface area contributed by atoms with Crippen LogP contribution in [0.15, 0.2) is 24.3 Å². The van der Waals surface area contributed by atoms with Crippen molar-refractivity contribution >= 4 is 23.2 Å². The summed E-state index contributed by atoms with van der Waals surface area (Å²) in [6, 6.07) is 5.54. The van der Waals surface area contributed by atoms with Gasteiger partial charge in [-0.25, -0.2) is 0 Å². The van der Waals surface area contributed by atoms with E-state index in [9.17, 15) is 14.9 Å². The monoisotopic (exact) mass is 244 g/mol. The maximum atomic E-state index is 10.7. The summed E-state index contributed by atoms with van der Waals surface area (Å²) in [4.78, 5) is 20.6. The van der Waals surface area contributed by atoms with Gasteiger partial charge in [0.1, 0.15) is 11.6 Å². The number of alkyl halides is 1. The first-order chi connectivity index (χ1) is 7.63. The molecule has 6 nitrogen and oxygen atoms in total. The number of amides is 1. The van der Waals surface area contributed by atoms with Gasteiger partial charge in [0.05, 0.1) is 4.92 Å². The van der Waals surface area contributed by atoms with Gasteiger partial charge in [0.25, 0.3) is 5.69 Å². The second-order valence-corrected chi connectivity index (χ2v) is 3.04. The van der Waals surface area contributed by atoms with E-state index < -0.39 is 4.92 Å². The van der Waals surface area contributed by atoms with Crippen molar-refractivity contribution in [2.75, 3.05) is 12.6 Å². The lowest BCUT2D eigenvalue weighted by Gasteiger charge is -2.06. The number of rotatable bonds is 5. The van der Waals surface area contributed by atoms with Crippen molar-refractivity contribution < 1.29 is 14.5 Å². The summed E-state index contributed by atoms with van der Waals surface area (Å²) in [6.07, 6.45) is 0. The Hall–Kier alpha value is -1.82. The van der Waals surface area contributed by atoms with Crippen LogP contribution in [0.25, 0.3) is 0 Å². The highest BCUT2D eigenvalue weighted by molar-refractivity contribution is 6.27. The Kier molecular flexibility index (Phi) is 4.53. The predicted molar refractivity (Wildman–Crippen MR) is 57.5 cm³/mol. The van der Waals surface area contributed by atoms with E-state index in [2.05, 4.69) is 5.32 Å². The predicted octanol–water partition coefficient (Wildman–Crippen LogP) is 1.29. The highest BCUT2D eigenvalue weighted by Crippen LogP contribution is 2.16. The smallest absolute Gasteiger partial charge is 0.269 e. The molecule has 1 N–H and O–H groups in total. The molecule has 0 saturated carbocycles. The molecule has 0 bridgehead atoms. The average molecular weight is 245 g/mol. The molecule has 7 heteroatoms. The number of nitrogens with one attached hydrogen (secondary N) is 1. The molecule has 0 aliphatic rings. The minimum Gasteiger partial charge on any atom is -0.473 e. The Labute approximate surface area is 96.3 Å². The molecule has 0 aliphatic heterocycles. The number of carbonyl (C=O) groups is 1. The lowest BCUT2D eigenvalue weighted by molar-refractivity contribution is -0.384. The van der Waals surface area contributed by atoms with Gasteiger partial charge in [-0.2, -0.15) is 0 Å². The summed E-state index contributed by atoms with van der Waals surface area (Å²) in [7, 11) is 0. The molecule has 86 valence electrons. The van der Waals surface area contributed by atoms with E-state index in [4.69, 9.17) is 16.3 Å². The Morgan fingerprint density at radius 3 is 2.56 bits per heavy atom. The highest BCUT2D eigenvalue weighted by atomic mass is 35.5. The molecule has 1 amide bonds. The van der Waals surface area contributed by atoms with Crippen molar-refractivity contribution in [2.45, 2.75) is 0 Å². The quantitative estimate of drug-likeness (QED) is 0.366. The molecule has 0 heterocycles. The third-order valence-electron chi connectivity index (χ3n) is 1.68. The van der Waals surface area contributed by atoms with Crippen LogP contribution in [0.5, 0.6) is 5.75 Å². The van der Waals surface area contributed by atoms with Gasteiger partial charge in [0, 0.05) is 12.1 Å². The maximum absolute atomic E-state index is 10.7. The van der Waals surface area contributed by atoms with Crippen LogP contribution >= 0.6 is 11.6 Å². The van der Waals surface area contributed by atoms with Gasteiger partial charge < -0.3 is 10.1 Å². The van der Waals surface area contributed by atoms with Crippen molar-refractivity contribution in [3.8, 4) is 5.75 Å². The molecule has 0 radical (unpaired) electrons. The van der Waals surface area contributed by atoms with Crippen LogP contribution in [-0.4, -0.2) is 23.4 Å². The third-order valence-corrected chi connectivity index (χ3v) is 1.92. The Morgan fingerprint density at radius 1 is 1.44 bits per heavy atom. The molecule has 0 aliphatic carbocycles. The maximum Gasteiger partial charge on any atom is 0.269 e. The van der Waals surface area contributed by atoms with Gasteiger partial charge in [0.15, 0.2) is 6.73 Å². The average Bonchev–Trinajstić information content (AvgIpc) is 2.29. The summed E-state index contributed by atoms with van der Waals surface area (Å²) < 4.78 is 5.10. The summed E-state index contributed by atoms with van der Waals surface area (Å²) in [5.41, 5.74) is -0.0165. The van der Waals surface area contributed by atoms with Gasteiger partial charge in [0.2, 0.25) is 5.91 Å². The molecular formula is C9H9ClN2O4. The minimum atomic E-state index is -0.501. The van der Waals surface area contributed by atoms with E-state index in [0.717, 1.165) is 0 Å². The number of halogens is 1. The number of carbonyl (C=O) groups excluding carboxylic acids is 1. The van der Waals surface area contributed by atoms with Gasteiger partial charge in [-0.05, 0) is 12.1 Å². The van der Waals surface area contributed by atoms with Crippen molar-refractivity contribution in [3.05, 3.63) is 34.4 Å². The zero-order chi connectivity index (χ0) is 12.0. The number of hydrogen-bond acceptors (Lipinski definition) is 4. The topological polar surface area (TPSA) is 81.5 Å². The molecule has 0 spiro atoms. The normalized spacial score (nSPS) is 9.56. The molecule has 1 rings (SSSR count). The largest absolute Gasteiger partial charge is 0.473 e. The fourth-order valence-electron chi connectivity index (χ4n) is 0.911. The molecular weight excluding hydrogens is 236 g/mol. The molecule has 0 saturated heterocycles. The second kappa shape index (κ2) is 5.92. The number of nitro benzene ring substituents is 1. The summed E-state index contributed by atoms with van der Waals surface area (Å²) in [5, 5.41) is 12.7. The second-order valence-electron chi connectivity index (χ2n) is 2.77. The van der Waals surface area contributed by atoms with E-state index in [0.29, 0.717) is 5.75 Å². The van der Waals surface area contributed by atoms with E-state index in [1.807, 2.05) is 0 Å². The van der Waals surface area contributed by atoms with Gasteiger partial charge in [-0.15, -0.1) is 11.6 Å². The van der Waals surface area contributed by atoms with Gasteiger partial charge in [-0.1, -0.05) is 0 Å². The van der Waals surface area contributed by atoms with Crippen LogP contribution in [-0.2, 0) is 4.79 Å². The fraction of sp³-hybridized carbons (Fsp3) is 0.222. The number of ether oxygens (including phenoxy) is 1. The first kappa shape index (κ1) is 12.3. The van der Waals surface area contributed by atoms with Crippen LogP contribution < -0.4 is 10.1 Å². The molecule has 16 heavy (non-hydrogen) atoms. The Bertz CT molecular complexity index is 380. The Morgan fingerprint density at radius 2 is 2.06 bits per heavy atom. The number of benzene rings is 1. The zero-order valence-corrected chi connectivity index (χ0v) is 8.94. The van der Waals surface area contributed by atoms with Crippen molar-refractivity contribution in [1.29, 1.82) is 0 Å². The van der Waals surface area contributed by atoms with Crippen LogP contribution in [0.2, 0.25) is 0 Å². The van der Waals surface area contributed by atoms with E-state index in [1.165, 1.54) is 24.3 Å². The van der Waals surface area contributed by atoms with Crippen LogP contribution in [0.3, 0.4) is 0 Å². The van der Waals surface area contributed by atoms with Crippen molar-refractivity contribution in [2.24, 2.45) is 0 Å². The highest BCUT2D eigenvalue weighted by Gasteiger charge is 2.04. The number of non-ortho nitro benzene ring substituents is 1. The molecule has 1 aromatic rings. The molecule has 0 unspecified atom stereocenters. The first-order valence-electron chi connectivity index (χ1n) is 4.33. The Balaban J connectivity index is 2.43. The SMILES string of the molecule is O=C(CCl)NCOc1ccc([N+](=O)[O-])cc1. The molecule has 1 aromatic carbocycles. The van der Waals surface area contributed by atoms with Crippen LogP contribution in [0, 0.1) is 10.1 Å². The van der Waals surface area contributed by atoms with Crippen molar-refractivity contribution in [1.82, 2.24) is 5.32 Å². The van der Waals surface area contributed by atoms with E-state index >= 15 is 0 Å². The van der Waals surface area contributed by atoms with E-state index in [1.54, 1.807) is 0 Å². The summed E-state index contributed by atoms with van der Waals surface area (Å²) >= 11 is 5.25. The lowest BCUT2D eigenvalue weighted by Crippen LogP contribution is -2.28. The lowest BCUT2D eigenvalue weighted by atomic mass is 10.3. The number of hydrogen-bond donors (Lipinski definition) is 1. The summed E-state index contributed by atoms with van der Waals surface area (Å²) in [5.74, 6) is -0.0482. The number of nitro groups is 1. The summed E-state index contributed by atoms with van der Waals surface area (Å²) in [6.45, 7) is -0.0244. The van der Waals surface area contributed by atoms with Gasteiger partial charge >= 0.3 is 0 Å². The van der Waals surface area contributed by atoms with Crippen molar-refractivity contribution in [3.63, 3.8) is 0 Å². The molecule has 0 aromatic heterocycles. The van der Waals surface area contributed by atoms with Gasteiger partial charge in [-0.3, -0.25) is 14.9 Å². The standard InChI is InChI=1S/C9H9ClN2O4/c10-5-9(13)11-6-16-8-3-1-7(2-4-8)12(14)15/h1-4H,5-6H2,(H,11,13). The number of nitrogens with zero attached hydrogens (tertiary/aromatic N) is 1. The fourth-order valence-corrected chi connectivity index (χ4v) is 1.01. The minimum absolute atomic E-state index is 0.0165. The van der Waals surface area contributed by atoms with Crippen LogP contribution in [0.1, 0.15) is 0 Å². The molecule has 0 atom stereocenters. The first-order valence-corrected chi connectivity index (χ1v) is 4.87. The van der Waals surface area contributed by atoms with Crippen LogP contribution in [0.4, 0.5) is 5.69 Å². The van der Waals surface area contributed by atoms with E-state index in [-0.39, 0.29) is 24.2 Å². The zero-order valence-electron chi connectivity index (χ0n) is 8.18. The molecule has 0 fully saturated rings. The third kappa shape index (κ3) is 3.74.